The molecule has 1 aromatic rings. The van der Waals surface area contributed by atoms with Gasteiger partial charge in [0.1, 0.15) is 5.78 Å². The molecule has 3 heterocycles. The quantitative estimate of drug-likeness (QED) is 0.694. The van der Waals surface area contributed by atoms with Crippen LogP contribution >= 0.6 is 0 Å². The molecule has 4 rings (SSSR count). The number of ketones is 1. The van der Waals surface area contributed by atoms with Crippen LogP contribution in [0.5, 0.6) is 11.5 Å². The highest BCUT2D eigenvalue weighted by Gasteiger charge is 2.32. The monoisotopic (exact) mass is 245 g/mol. The van der Waals surface area contributed by atoms with Crippen molar-refractivity contribution in [2.45, 2.75) is 31.8 Å². The normalized spacial score (nSPS) is 25.8. The maximum absolute atomic E-state index is 11.5. The van der Waals surface area contributed by atoms with E-state index in [1.807, 2.05) is 0 Å². The van der Waals surface area contributed by atoms with Crippen LogP contribution in [0, 0.1) is 0 Å². The van der Waals surface area contributed by atoms with Gasteiger partial charge in [-0.3, -0.25) is 9.69 Å². The Morgan fingerprint density at radius 2 is 1.89 bits per heavy atom. The van der Waals surface area contributed by atoms with Crippen molar-refractivity contribution in [3.63, 3.8) is 0 Å². The molecule has 0 radical (unpaired) electrons. The van der Waals surface area contributed by atoms with Gasteiger partial charge in [0.25, 0.3) is 0 Å². The van der Waals surface area contributed by atoms with Crippen molar-refractivity contribution in [1.82, 2.24) is 4.90 Å². The molecule has 0 bridgehead atoms. The molecule has 1 atom stereocenters. The van der Waals surface area contributed by atoms with Gasteiger partial charge in [0.2, 0.25) is 6.79 Å². The summed E-state index contributed by atoms with van der Waals surface area (Å²) in [7, 11) is 0. The average molecular weight is 245 g/mol. The molecule has 4 nitrogen and oxygen atoms in total. The second-order valence-electron chi connectivity index (χ2n) is 5.30. The fraction of sp³-hybridized carbons (Fsp3) is 0.500. The van der Waals surface area contributed by atoms with Gasteiger partial charge in [-0.2, -0.15) is 0 Å². The van der Waals surface area contributed by atoms with Gasteiger partial charge in [-0.1, -0.05) is 0 Å². The predicted molar refractivity (Wildman–Crippen MR) is 64.7 cm³/mol. The van der Waals surface area contributed by atoms with Gasteiger partial charge in [-0.25, -0.2) is 0 Å². The number of benzene rings is 1. The van der Waals surface area contributed by atoms with E-state index < -0.39 is 0 Å². The van der Waals surface area contributed by atoms with E-state index >= 15 is 0 Å². The Morgan fingerprint density at radius 1 is 1.11 bits per heavy atom. The van der Waals surface area contributed by atoms with Crippen LogP contribution in [0.25, 0.3) is 0 Å². The van der Waals surface area contributed by atoms with E-state index in [-0.39, 0.29) is 0 Å². The van der Waals surface area contributed by atoms with Gasteiger partial charge in [0.15, 0.2) is 11.5 Å². The van der Waals surface area contributed by atoms with Crippen LogP contribution in [0.15, 0.2) is 12.1 Å². The fourth-order valence-corrected chi connectivity index (χ4v) is 3.19. The second kappa shape index (κ2) is 3.72. The van der Waals surface area contributed by atoms with Crippen LogP contribution in [0.2, 0.25) is 0 Å². The lowest BCUT2D eigenvalue weighted by Crippen LogP contribution is -2.46. The Bertz CT molecular complexity index is 526. The molecule has 1 aromatic carbocycles. The number of fused-ring (bicyclic) bond motifs is 3. The maximum Gasteiger partial charge on any atom is 0.231 e. The molecule has 18 heavy (non-hydrogen) atoms. The molecule has 4 heteroatoms. The van der Waals surface area contributed by atoms with Crippen molar-refractivity contribution in [2.75, 3.05) is 13.3 Å². The molecule has 0 saturated carbocycles. The van der Waals surface area contributed by atoms with Crippen LogP contribution in [-0.4, -0.2) is 30.1 Å². The Labute approximate surface area is 105 Å². The summed E-state index contributed by atoms with van der Waals surface area (Å²) in [5.41, 5.74) is 2.64. The first-order chi connectivity index (χ1) is 8.79. The summed E-state index contributed by atoms with van der Waals surface area (Å²) in [6.45, 7) is 2.16. The van der Waals surface area contributed by atoms with E-state index in [4.69, 9.17) is 9.47 Å². The zero-order valence-corrected chi connectivity index (χ0v) is 10.1. The van der Waals surface area contributed by atoms with E-state index in [0.717, 1.165) is 31.0 Å². The number of ether oxygens (including phenoxy) is 2. The summed E-state index contributed by atoms with van der Waals surface area (Å²) in [5.74, 6) is 2.12. The van der Waals surface area contributed by atoms with Gasteiger partial charge in [0.05, 0.1) is 0 Å². The first-order valence-corrected chi connectivity index (χ1v) is 6.47. The van der Waals surface area contributed by atoms with Crippen LogP contribution in [0.3, 0.4) is 0 Å². The highest BCUT2D eigenvalue weighted by molar-refractivity contribution is 5.80. The van der Waals surface area contributed by atoms with Gasteiger partial charge in [0, 0.05) is 32.0 Å². The number of nitrogens with zero attached hydrogens (tertiary/aromatic N) is 1. The van der Waals surface area contributed by atoms with E-state index in [9.17, 15) is 4.79 Å². The number of carbonyl (C=O) groups is 1. The van der Waals surface area contributed by atoms with Gasteiger partial charge < -0.3 is 9.47 Å². The SMILES string of the molecule is O=C1CCN2Cc3cc4c(cc3C[C@@H]2C1)OCO4. The second-order valence-corrected chi connectivity index (χ2v) is 5.30. The lowest BCUT2D eigenvalue weighted by Gasteiger charge is -2.39. The Kier molecular flexibility index (Phi) is 2.14. The molecule has 0 spiro atoms. The zero-order valence-electron chi connectivity index (χ0n) is 10.1. The summed E-state index contributed by atoms with van der Waals surface area (Å²) in [6.07, 6.45) is 2.36. The zero-order chi connectivity index (χ0) is 12.1. The van der Waals surface area contributed by atoms with Crippen molar-refractivity contribution < 1.29 is 14.3 Å². The van der Waals surface area contributed by atoms with Crippen LogP contribution in [0.4, 0.5) is 0 Å². The molecule has 0 unspecified atom stereocenters. The molecule has 1 fully saturated rings. The van der Waals surface area contributed by atoms with Crippen molar-refractivity contribution in [1.29, 1.82) is 0 Å². The average Bonchev–Trinajstić information content (AvgIpc) is 2.80. The Balaban J connectivity index is 1.70. The molecule has 3 aliphatic heterocycles. The van der Waals surface area contributed by atoms with Gasteiger partial charge >= 0.3 is 0 Å². The third kappa shape index (κ3) is 1.52. The van der Waals surface area contributed by atoms with Crippen molar-refractivity contribution >= 4 is 5.78 Å². The first-order valence-electron chi connectivity index (χ1n) is 6.47. The molecule has 3 aliphatic rings. The highest BCUT2D eigenvalue weighted by Crippen LogP contribution is 2.38. The van der Waals surface area contributed by atoms with E-state index in [2.05, 4.69) is 17.0 Å². The lowest BCUT2D eigenvalue weighted by molar-refractivity contribution is -0.123. The minimum absolute atomic E-state index is 0.323. The van der Waals surface area contributed by atoms with Crippen molar-refractivity contribution in [2.24, 2.45) is 0 Å². The predicted octanol–water partition coefficient (Wildman–Crippen LogP) is 1.50. The molecular formula is C14H15NO3. The number of hydrogen-bond acceptors (Lipinski definition) is 4. The molecule has 1 saturated heterocycles. The number of hydrogen-bond donors (Lipinski definition) is 0. The van der Waals surface area contributed by atoms with Crippen LogP contribution < -0.4 is 9.47 Å². The van der Waals surface area contributed by atoms with Crippen LogP contribution in [-0.2, 0) is 17.8 Å². The molecular weight excluding hydrogens is 230 g/mol. The lowest BCUT2D eigenvalue weighted by atomic mass is 9.88. The van der Waals surface area contributed by atoms with E-state index in [1.54, 1.807) is 0 Å². The minimum Gasteiger partial charge on any atom is -0.454 e. The summed E-state index contributed by atoms with van der Waals surface area (Å²) in [4.78, 5) is 14.0. The van der Waals surface area contributed by atoms with Crippen molar-refractivity contribution in [3.8, 4) is 11.5 Å². The standard InChI is InChI=1S/C14H15NO3/c16-12-1-2-15-7-10-5-14-13(17-8-18-14)4-9(10)3-11(15)6-12/h4-5,11H,1-3,6-8H2/t11-/m1/s1. The smallest absolute Gasteiger partial charge is 0.231 e. The fourth-order valence-electron chi connectivity index (χ4n) is 3.19. The summed E-state index contributed by atoms with van der Waals surface area (Å²) in [5, 5.41) is 0. The molecule has 0 aliphatic carbocycles. The topological polar surface area (TPSA) is 38.8 Å². The van der Waals surface area contributed by atoms with E-state index in [0.29, 0.717) is 31.5 Å². The minimum atomic E-state index is 0.323. The summed E-state index contributed by atoms with van der Waals surface area (Å²) >= 11 is 0. The van der Waals surface area contributed by atoms with E-state index in [1.165, 1.54) is 11.1 Å². The third-order valence-corrected chi connectivity index (χ3v) is 4.18. The number of Topliss-reactive ketones (excluding diaryl/α,β-unsaturated/α-hetero) is 1. The van der Waals surface area contributed by atoms with Crippen LogP contribution in [0.1, 0.15) is 24.0 Å². The molecule has 0 amide bonds. The molecule has 0 aromatic heterocycles. The number of carbonyl (C=O) groups excluding carboxylic acids is 1. The summed E-state index contributed by atoms with van der Waals surface area (Å²) < 4.78 is 10.8. The maximum atomic E-state index is 11.5. The van der Waals surface area contributed by atoms with Gasteiger partial charge in [-0.15, -0.1) is 0 Å². The Morgan fingerprint density at radius 3 is 2.72 bits per heavy atom. The number of piperidine rings is 1. The molecule has 0 N–H and O–H groups in total. The van der Waals surface area contributed by atoms with Crippen molar-refractivity contribution in [3.05, 3.63) is 23.3 Å². The largest absolute Gasteiger partial charge is 0.454 e. The number of rotatable bonds is 0. The molecule has 94 valence electrons. The third-order valence-electron chi connectivity index (χ3n) is 4.18. The highest BCUT2D eigenvalue weighted by atomic mass is 16.7. The Hall–Kier alpha value is -1.55. The van der Waals surface area contributed by atoms with Gasteiger partial charge in [-0.05, 0) is 29.7 Å². The first kappa shape index (κ1) is 10.4. The summed E-state index contributed by atoms with van der Waals surface area (Å²) in [6, 6.07) is 4.58.